The Balaban J connectivity index is 1.62. The van der Waals surface area contributed by atoms with Gasteiger partial charge in [0, 0.05) is 18.7 Å². The molecule has 0 spiro atoms. The maximum Gasteiger partial charge on any atom is 0.269 e. The lowest BCUT2D eigenvalue weighted by Crippen LogP contribution is -2.15. The van der Waals surface area contributed by atoms with Crippen LogP contribution >= 0.6 is 0 Å². The monoisotopic (exact) mass is 848 g/mol. The van der Waals surface area contributed by atoms with E-state index in [9.17, 15) is 10.1 Å². The lowest BCUT2D eigenvalue weighted by Gasteiger charge is -2.09. The fraction of sp³-hybridized carbons (Fsp3) is 0.864. The Morgan fingerprint density at radius 1 is 0.339 bits per heavy atom. The molecule has 0 aliphatic heterocycles. The summed E-state index contributed by atoms with van der Waals surface area (Å²) in [7, 11) is 0. The molecular formula is C44H81NO14. The molecule has 1 aromatic carbocycles. The van der Waals surface area contributed by atoms with Crippen molar-refractivity contribution < 1.29 is 61.8 Å². The van der Waals surface area contributed by atoms with Crippen LogP contribution in [0.2, 0.25) is 0 Å². The number of non-ortho nitro benzene ring substituents is 1. The van der Waals surface area contributed by atoms with Gasteiger partial charge < -0.3 is 56.8 Å². The Bertz CT molecular complexity index is 977. The molecule has 0 N–H and O–H groups in total. The van der Waals surface area contributed by atoms with Crippen LogP contribution in [0.4, 0.5) is 5.69 Å². The quantitative estimate of drug-likeness (QED) is 0.0359. The first-order valence-electron chi connectivity index (χ1n) is 22.5. The van der Waals surface area contributed by atoms with Crippen molar-refractivity contribution in [2.24, 2.45) is 0 Å². The predicted molar refractivity (Wildman–Crippen MR) is 228 cm³/mol. The topological polar surface area (TPSA) is 154 Å². The fourth-order valence-corrected chi connectivity index (χ4v) is 5.58. The van der Waals surface area contributed by atoms with Crippen molar-refractivity contribution >= 4 is 5.69 Å². The van der Waals surface area contributed by atoms with Crippen LogP contribution in [0.15, 0.2) is 24.3 Å². The molecule has 0 aliphatic carbocycles. The second-order valence-electron chi connectivity index (χ2n) is 13.9. The summed E-state index contributed by atoms with van der Waals surface area (Å²) < 4.78 is 66.2. The van der Waals surface area contributed by atoms with Crippen LogP contribution in [0.1, 0.15) is 96.8 Å². The van der Waals surface area contributed by atoms with Gasteiger partial charge in [-0.2, -0.15) is 0 Å². The highest BCUT2D eigenvalue weighted by molar-refractivity contribution is 5.35. The summed E-state index contributed by atoms with van der Waals surface area (Å²) >= 11 is 0. The highest BCUT2D eigenvalue weighted by Gasteiger charge is 2.04. The summed E-state index contributed by atoms with van der Waals surface area (Å²) in [5.74, 6) is 0.558. The van der Waals surface area contributed by atoms with Gasteiger partial charge in [-0.3, -0.25) is 10.1 Å². The minimum absolute atomic E-state index is 0.0271. The van der Waals surface area contributed by atoms with Crippen molar-refractivity contribution in [3.05, 3.63) is 34.4 Å². The summed E-state index contributed by atoms with van der Waals surface area (Å²) in [6, 6.07) is 5.92. The summed E-state index contributed by atoms with van der Waals surface area (Å²) in [6.45, 7) is 14.1. The molecule has 0 atom stereocenters. The van der Waals surface area contributed by atoms with E-state index >= 15 is 0 Å². The van der Waals surface area contributed by atoms with Gasteiger partial charge in [0.1, 0.15) is 12.4 Å². The van der Waals surface area contributed by atoms with Crippen molar-refractivity contribution in [2.75, 3.05) is 152 Å². The first kappa shape index (κ1) is 55.0. The van der Waals surface area contributed by atoms with Gasteiger partial charge in [-0.1, -0.05) is 90.4 Å². The lowest BCUT2D eigenvalue weighted by molar-refractivity contribution is -0.384. The summed E-state index contributed by atoms with van der Waals surface area (Å²) in [6.07, 6.45) is 19.2. The van der Waals surface area contributed by atoms with Crippen LogP contribution in [-0.2, 0) is 52.1 Å². The average molecular weight is 848 g/mol. The van der Waals surface area contributed by atoms with Crippen molar-refractivity contribution in [2.45, 2.75) is 96.8 Å². The molecule has 0 amide bonds. The molecule has 0 radical (unpaired) electrons. The third kappa shape index (κ3) is 42.5. The minimum Gasteiger partial charge on any atom is -0.491 e. The third-order valence-electron chi connectivity index (χ3n) is 8.91. The van der Waals surface area contributed by atoms with Gasteiger partial charge in [-0.25, -0.2) is 0 Å². The first-order valence-corrected chi connectivity index (χ1v) is 22.5. The van der Waals surface area contributed by atoms with Crippen LogP contribution in [0.5, 0.6) is 5.75 Å². The predicted octanol–water partition coefficient (Wildman–Crippen LogP) is 7.64. The van der Waals surface area contributed by atoms with Gasteiger partial charge in [-0.15, -0.1) is 0 Å². The van der Waals surface area contributed by atoms with E-state index in [-0.39, 0.29) is 5.69 Å². The lowest BCUT2D eigenvalue weighted by atomic mass is 10.0. The average Bonchev–Trinajstić information content (AvgIpc) is 3.24. The van der Waals surface area contributed by atoms with Gasteiger partial charge in [0.25, 0.3) is 5.69 Å². The third-order valence-corrected chi connectivity index (χ3v) is 8.91. The first-order chi connectivity index (χ1) is 29.2. The minimum atomic E-state index is -0.449. The number of hydrogen-bond donors (Lipinski definition) is 0. The number of nitro groups is 1. The van der Waals surface area contributed by atoms with Gasteiger partial charge in [0.15, 0.2) is 0 Å². The molecule has 59 heavy (non-hydrogen) atoms. The molecule has 346 valence electrons. The number of unbranched alkanes of at least 4 members (excludes halogenated alkanes) is 13. The Morgan fingerprint density at radius 3 is 0.847 bits per heavy atom. The van der Waals surface area contributed by atoms with Crippen LogP contribution < -0.4 is 4.74 Å². The molecule has 0 fully saturated rings. The van der Waals surface area contributed by atoms with E-state index < -0.39 is 4.92 Å². The van der Waals surface area contributed by atoms with Crippen molar-refractivity contribution in [3.63, 3.8) is 0 Å². The van der Waals surface area contributed by atoms with Gasteiger partial charge in [0.2, 0.25) is 0 Å². The molecule has 1 rings (SSSR count). The molecule has 0 saturated heterocycles. The molecule has 15 heteroatoms. The zero-order valence-corrected chi connectivity index (χ0v) is 36.6. The molecule has 15 nitrogen and oxygen atoms in total. The van der Waals surface area contributed by atoms with Gasteiger partial charge in [-0.05, 0) is 18.6 Å². The van der Waals surface area contributed by atoms with Gasteiger partial charge in [0.05, 0.1) is 144 Å². The Hall–Kier alpha value is -2.02. The van der Waals surface area contributed by atoms with E-state index in [1.807, 2.05) is 0 Å². The number of nitrogens with zero attached hydrogens (tertiary/aromatic N) is 1. The number of hydrogen-bond acceptors (Lipinski definition) is 14. The van der Waals surface area contributed by atoms with Crippen LogP contribution in [-0.4, -0.2) is 157 Å². The highest BCUT2D eigenvalue weighted by Crippen LogP contribution is 2.17. The van der Waals surface area contributed by atoms with Crippen LogP contribution in [0.25, 0.3) is 0 Å². The van der Waals surface area contributed by atoms with E-state index in [1.54, 1.807) is 12.1 Å². The summed E-state index contributed by atoms with van der Waals surface area (Å²) in [5.41, 5.74) is 0.0271. The van der Waals surface area contributed by atoms with Crippen molar-refractivity contribution in [1.82, 2.24) is 0 Å². The molecule has 0 aliphatic rings. The Kier molecular flexibility index (Phi) is 43.8. The van der Waals surface area contributed by atoms with E-state index in [1.165, 1.54) is 95.6 Å². The van der Waals surface area contributed by atoms with E-state index in [4.69, 9.17) is 56.8 Å². The molecule has 0 aromatic heterocycles. The molecule has 0 saturated carbocycles. The van der Waals surface area contributed by atoms with Gasteiger partial charge >= 0.3 is 0 Å². The summed E-state index contributed by atoms with van der Waals surface area (Å²) in [5, 5.41) is 10.7. The van der Waals surface area contributed by atoms with Crippen LogP contribution in [0.3, 0.4) is 0 Å². The fourth-order valence-electron chi connectivity index (χ4n) is 5.58. The maximum absolute atomic E-state index is 10.7. The Morgan fingerprint density at radius 2 is 0.576 bits per heavy atom. The SMILES string of the molecule is CCCCCCCCCCCCCCCCOCCOCCOCCOCCOCCOCCOCCOCCOCCOCCOCCOc1ccc([N+](=O)[O-])cc1. The zero-order valence-electron chi connectivity index (χ0n) is 36.6. The second kappa shape index (κ2) is 47.0. The molecular weight excluding hydrogens is 766 g/mol. The molecule has 0 bridgehead atoms. The van der Waals surface area contributed by atoms with Crippen molar-refractivity contribution in [1.29, 1.82) is 0 Å². The molecule has 1 aromatic rings. The smallest absolute Gasteiger partial charge is 0.269 e. The normalized spacial score (nSPS) is 11.5. The van der Waals surface area contributed by atoms with Crippen LogP contribution in [0, 0.1) is 10.1 Å². The number of nitro benzene ring substituents is 1. The summed E-state index contributed by atoms with van der Waals surface area (Å²) in [4.78, 5) is 10.2. The molecule has 0 unspecified atom stereocenters. The number of ether oxygens (including phenoxy) is 12. The highest BCUT2D eigenvalue weighted by atomic mass is 16.6. The van der Waals surface area contributed by atoms with Crippen molar-refractivity contribution in [3.8, 4) is 5.75 Å². The number of rotatable bonds is 50. The largest absolute Gasteiger partial charge is 0.491 e. The van der Waals surface area contributed by atoms with E-state index in [0.29, 0.717) is 151 Å². The second-order valence-corrected chi connectivity index (χ2v) is 13.9. The standard InChI is InChI=1S/C44H81NO14/c1-2-3-4-5-6-7-8-9-10-11-12-13-14-15-20-48-21-22-49-23-24-50-25-26-51-27-28-52-29-30-53-31-32-54-33-34-55-35-36-56-37-38-57-39-40-58-41-42-59-44-18-16-43(17-19-44)45(46)47/h16-19H,2-15,20-42H2,1H3. The zero-order chi connectivity index (χ0) is 42.2. The maximum atomic E-state index is 10.7. The number of benzene rings is 1. The molecule has 0 heterocycles. The van der Waals surface area contributed by atoms with E-state index in [0.717, 1.165) is 13.0 Å². The Labute approximate surface area is 355 Å². The van der Waals surface area contributed by atoms with E-state index in [2.05, 4.69) is 6.92 Å².